The molecule has 3 heteroatoms. The Labute approximate surface area is 100 Å². The predicted octanol–water partition coefficient (Wildman–Crippen LogP) is 3.24. The fraction of sp³-hybridized carbons (Fsp3) is 0.800. The molecule has 0 aromatic heterocycles. The first-order valence-corrected chi connectivity index (χ1v) is 16.3. The van der Waals surface area contributed by atoms with Crippen LogP contribution in [0.15, 0.2) is 10.2 Å². The number of alkyl halides is 1. The van der Waals surface area contributed by atoms with Gasteiger partial charge in [-0.1, -0.05) is 0 Å². The van der Waals surface area contributed by atoms with E-state index in [2.05, 4.69) is 44.0 Å². The number of hydrogen-bond acceptors (Lipinski definition) is 1. The zero-order chi connectivity index (χ0) is 10.5. The van der Waals surface area contributed by atoms with Crippen LogP contribution in [0.5, 0.6) is 0 Å². The van der Waals surface area contributed by atoms with Crippen molar-refractivity contribution in [3.8, 4) is 0 Å². The molecule has 0 bridgehead atoms. The Morgan fingerprint density at radius 3 is 2.31 bits per heavy atom. The van der Waals surface area contributed by atoms with Crippen LogP contribution in [0.25, 0.3) is 0 Å². The number of hydrogen-bond donors (Lipinski definition) is 1. The minimum atomic E-state index is -1.96. The van der Waals surface area contributed by atoms with E-state index in [1.54, 1.807) is 0 Å². The Morgan fingerprint density at radius 1 is 1.46 bits per heavy atom. The molecule has 0 heterocycles. The van der Waals surface area contributed by atoms with E-state index in [0.717, 1.165) is 6.42 Å². The molecule has 0 fully saturated rings. The van der Waals surface area contributed by atoms with E-state index in [1.807, 2.05) is 0 Å². The normalized spacial score (nSPS) is 14.2. The van der Waals surface area contributed by atoms with Crippen LogP contribution < -0.4 is 0 Å². The second kappa shape index (κ2) is 6.66. The molecule has 1 atom stereocenters. The Balaban J connectivity index is 4.16. The molecule has 0 aliphatic carbocycles. The van der Waals surface area contributed by atoms with Crippen molar-refractivity contribution in [1.82, 2.24) is 0 Å². The Kier molecular flexibility index (Phi) is 7.29. The van der Waals surface area contributed by atoms with Crippen molar-refractivity contribution in [1.29, 1.82) is 0 Å². The standard InChI is InChI=1S/C7H12IO.3CH3.Sn/c1-2-7(6-9)4-3-5-8;;;;/h7,9H,1,3-6H2;3*1H3;. The molecule has 0 aromatic rings. The molecule has 1 unspecified atom stereocenters. The van der Waals surface area contributed by atoms with Gasteiger partial charge >= 0.3 is 101 Å². The van der Waals surface area contributed by atoms with Gasteiger partial charge in [-0.05, 0) is 0 Å². The topological polar surface area (TPSA) is 20.2 Å². The fourth-order valence-corrected chi connectivity index (χ4v) is 5.92. The van der Waals surface area contributed by atoms with Gasteiger partial charge in [-0.2, -0.15) is 0 Å². The number of halogens is 1. The van der Waals surface area contributed by atoms with Crippen LogP contribution in [-0.4, -0.2) is 34.5 Å². The van der Waals surface area contributed by atoms with Gasteiger partial charge in [-0.25, -0.2) is 0 Å². The molecule has 13 heavy (non-hydrogen) atoms. The van der Waals surface area contributed by atoms with Crippen molar-refractivity contribution in [3.63, 3.8) is 0 Å². The molecule has 0 radical (unpaired) electrons. The molecule has 1 nitrogen and oxygen atoms in total. The van der Waals surface area contributed by atoms with E-state index in [9.17, 15) is 5.11 Å². The summed E-state index contributed by atoms with van der Waals surface area (Å²) in [6, 6.07) is 0. The van der Waals surface area contributed by atoms with Crippen LogP contribution in [0.2, 0.25) is 14.8 Å². The van der Waals surface area contributed by atoms with Crippen molar-refractivity contribution in [2.24, 2.45) is 5.92 Å². The number of aliphatic hydroxyl groups is 1. The number of rotatable bonds is 6. The molecule has 0 aliphatic rings. The van der Waals surface area contributed by atoms with Gasteiger partial charge in [-0.3, -0.25) is 0 Å². The molecular weight excluding hydrogens is 382 g/mol. The molecule has 0 saturated carbocycles. The summed E-state index contributed by atoms with van der Waals surface area (Å²) in [4.78, 5) is 7.09. The minimum absolute atomic E-state index is 0.295. The third-order valence-electron chi connectivity index (χ3n) is 2.36. The number of aliphatic hydroxyl groups excluding tert-OH is 1. The van der Waals surface area contributed by atoms with Crippen LogP contribution >= 0.6 is 22.6 Å². The van der Waals surface area contributed by atoms with E-state index < -0.39 is 18.4 Å². The molecule has 78 valence electrons. The SMILES string of the molecule is C=[C](C(CO)CCCI)[Sn]([CH3])([CH3])[CH3]. The van der Waals surface area contributed by atoms with Crippen LogP contribution in [0.4, 0.5) is 0 Å². The third-order valence-corrected chi connectivity index (χ3v) is 9.79. The monoisotopic (exact) mass is 404 g/mol. The van der Waals surface area contributed by atoms with Gasteiger partial charge in [0.2, 0.25) is 0 Å². The quantitative estimate of drug-likeness (QED) is 0.411. The summed E-state index contributed by atoms with van der Waals surface area (Å²) in [5.74, 6) is 0.380. The summed E-state index contributed by atoms with van der Waals surface area (Å²) < 4.78 is 2.57. The van der Waals surface area contributed by atoms with Gasteiger partial charge in [0.25, 0.3) is 0 Å². The molecular formula is C10H21IOSn. The van der Waals surface area contributed by atoms with Crippen LogP contribution in [0.3, 0.4) is 0 Å². The summed E-state index contributed by atoms with van der Waals surface area (Å²) in [6.07, 6.45) is 2.32. The van der Waals surface area contributed by atoms with Gasteiger partial charge < -0.3 is 0 Å². The van der Waals surface area contributed by atoms with Crippen molar-refractivity contribution in [2.45, 2.75) is 27.7 Å². The molecule has 0 aliphatic heterocycles. The average Bonchev–Trinajstić information content (AvgIpc) is 2.04. The Bertz CT molecular complexity index is 163. The second-order valence-corrected chi connectivity index (χ2v) is 20.2. The average molecular weight is 403 g/mol. The maximum absolute atomic E-state index is 9.26. The Morgan fingerprint density at radius 2 is 2.00 bits per heavy atom. The predicted molar refractivity (Wildman–Crippen MR) is 71.2 cm³/mol. The first-order chi connectivity index (χ1) is 5.93. The van der Waals surface area contributed by atoms with Gasteiger partial charge in [0.1, 0.15) is 0 Å². The van der Waals surface area contributed by atoms with Gasteiger partial charge in [0.05, 0.1) is 0 Å². The molecule has 1 N–H and O–H groups in total. The Hall–Kier alpha value is 1.23. The molecule has 0 amide bonds. The summed E-state index contributed by atoms with van der Waals surface area (Å²) >= 11 is 0.432. The van der Waals surface area contributed by atoms with Crippen molar-refractivity contribution < 1.29 is 5.11 Å². The van der Waals surface area contributed by atoms with E-state index in [-0.39, 0.29) is 0 Å². The molecule has 0 aromatic carbocycles. The fourth-order valence-electron chi connectivity index (χ4n) is 1.31. The molecule has 0 saturated heterocycles. The van der Waals surface area contributed by atoms with E-state index in [4.69, 9.17) is 0 Å². The van der Waals surface area contributed by atoms with Crippen molar-refractivity contribution >= 4 is 41.0 Å². The molecule has 0 spiro atoms. The van der Waals surface area contributed by atoms with Crippen molar-refractivity contribution in [2.75, 3.05) is 11.0 Å². The van der Waals surface area contributed by atoms with Crippen LogP contribution in [0.1, 0.15) is 12.8 Å². The van der Waals surface area contributed by atoms with Gasteiger partial charge in [0.15, 0.2) is 0 Å². The van der Waals surface area contributed by atoms with E-state index in [1.165, 1.54) is 14.4 Å². The zero-order valence-electron chi connectivity index (χ0n) is 8.94. The first kappa shape index (κ1) is 14.2. The van der Waals surface area contributed by atoms with Crippen LogP contribution in [-0.2, 0) is 0 Å². The summed E-state index contributed by atoms with van der Waals surface area (Å²) in [5.41, 5.74) is 0. The zero-order valence-corrected chi connectivity index (χ0v) is 13.9. The van der Waals surface area contributed by atoms with E-state index >= 15 is 0 Å². The maximum atomic E-state index is 9.26. The third kappa shape index (κ3) is 5.62. The second-order valence-electron chi connectivity index (χ2n) is 4.49. The summed E-state index contributed by atoms with van der Waals surface area (Å²) in [7, 11) is 0. The summed E-state index contributed by atoms with van der Waals surface area (Å²) in [6.45, 7) is 4.48. The molecule has 0 rings (SSSR count). The summed E-state index contributed by atoms with van der Waals surface area (Å²) in [5, 5.41) is 9.26. The van der Waals surface area contributed by atoms with Crippen molar-refractivity contribution in [3.05, 3.63) is 10.2 Å². The van der Waals surface area contributed by atoms with Crippen LogP contribution in [0, 0.1) is 5.92 Å². The van der Waals surface area contributed by atoms with Gasteiger partial charge in [-0.15, -0.1) is 0 Å². The van der Waals surface area contributed by atoms with Gasteiger partial charge in [0, 0.05) is 0 Å². The first-order valence-electron chi connectivity index (χ1n) is 4.79. The van der Waals surface area contributed by atoms with E-state index in [0.29, 0.717) is 12.5 Å².